The number of rotatable bonds is 6. The van der Waals surface area contributed by atoms with Gasteiger partial charge in [0.1, 0.15) is 0 Å². The third-order valence-corrected chi connectivity index (χ3v) is 5.67. The summed E-state index contributed by atoms with van der Waals surface area (Å²) in [5.41, 5.74) is 0.788. The van der Waals surface area contributed by atoms with E-state index >= 15 is 0 Å². The first-order valence-electron chi connectivity index (χ1n) is 7.33. The Morgan fingerprint density at radius 3 is 2.00 bits per heavy atom. The van der Waals surface area contributed by atoms with Gasteiger partial charge in [-0.05, 0) is 36.4 Å². The first-order chi connectivity index (χ1) is 11.6. The number of nitrogens with one attached hydrogen (secondary N) is 2. The smallest absolute Gasteiger partial charge is 0.255 e. The molecule has 9 heteroatoms. The zero-order valence-electron chi connectivity index (χ0n) is 13.7. The maximum absolute atomic E-state index is 12.3. The van der Waals surface area contributed by atoms with E-state index in [1.165, 1.54) is 30.3 Å². The number of para-hydroxylation sites is 2. The van der Waals surface area contributed by atoms with Gasteiger partial charge in [0.2, 0.25) is 10.0 Å². The van der Waals surface area contributed by atoms with Crippen molar-refractivity contribution in [3.8, 4) is 0 Å². The summed E-state index contributed by atoms with van der Waals surface area (Å²) in [6, 6.07) is 11.9. The minimum absolute atomic E-state index is 0.0247. The summed E-state index contributed by atoms with van der Waals surface area (Å²) in [6.45, 7) is 1.54. The van der Waals surface area contributed by atoms with Gasteiger partial charge >= 0.3 is 0 Å². The second kappa shape index (κ2) is 7.24. The lowest BCUT2D eigenvalue weighted by Crippen LogP contribution is -2.16. The van der Waals surface area contributed by atoms with E-state index in [1.807, 2.05) is 0 Å². The number of carbonyl (C=O) groups excluding carboxylic acids is 1. The van der Waals surface area contributed by atoms with Gasteiger partial charge in [0.05, 0.1) is 28.3 Å². The molecule has 0 bridgehead atoms. The average Bonchev–Trinajstić information content (AvgIpc) is 2.55. The van der Waals surface area contributed by atoms with Gasteiger partial charge in [0.15, 0.2) is 9.84 Å². The number of carbonyl (C=O) groups is 1. The van der Waals surface area contributed by atoms with Crippen LogP contribution >= 0.6 is 0 Å². The van der Waals surface area contributed by atoms with Crippen LogP contribution in [0.2, 0.25) is 0 Å². The topological polar surface area (TPSA) is 109 Å². The molecule has 0 saturated heterocycles. The normalized spacial score (nSPS) is 11.8. The molecule has 7 nitrogen and oxygen atoms in total. The van der Waals surface area contributed by atoms with Crippen molar-refractivity contribution in [3.63, 3.8) is 0 Å². The molecule has 134 valence electrons. The predicted molar refractivity (Wildman–Crippen MR) is 97.0 cm³/mol. The van der Waals surface area contributed by atoms with Gasteiger partial charge in [-0.15, -0.1) is 0 Å². The maximum atomic E-state index is 12.3. The number of hydrogen-bond donors (Lipinski definition) is 2. The van der Waals surface area contributed by atoms with Crippen molar-refractivity contribution in [3.05, 3.63) is 54.1 Å². The van der Waals surface area contributed by atoms with Crippen molar-refractivity contribution in [1.82, 2.24) is 0 Å². The van der Waals surface area contributed by atoms with Crippen LogP contribution in [0, 0.1) is 0 Å². The first-order valence-corrected chi connectivity index (χ1v) is 10.9. The highest BCUT2D eigenvalue weighted by Gasteiger charge is 2.14. The van der Waals surface area contributed by atoms with Gasteiger partial charge in [-0.2, -0.15) is 0 Å². The summed E-state index contributed by atoms with van der Waals surface area (Å²) in [4.78, 5) is 12.5. The minimum atomic E-state index is -3.49. The van der Waals surface area contributed by atoms with Crippen LogP contribution in [-0.2, 0) is 19.9 Å². The second-order valence-corrected chi connectivity index (χ2v) is 9.33. The van der Waals surface area contributed by atoms with E-state index in [4.69, 9.17) is 0 Å². The number of sulfone groups is 1. The molecule has 0 aromatic heterocycles. The fourth-order valence-corrected chi connectivity index (χ4v) is 3.52. The Bertz CT molecular complexity index is 981. The lowest BCUT2D eigenvalue weighted by molar-refractivity contribution is 0.102. The molecule has 0 fully saturated rings. The molecule has 25 heavy (non-hydrogen) atoms. The van der Waals surface area contributed by atoms with Gasteiger partial charge in [0.25, 0.3) is 5.91 Å². The van der Waals surface area contributed by atoms with E-state index in [9.17, 15) is 21.6 Å². The Balaban J connectivity index is 2.24. The summed E-state index contributed by atoms with van der Waals surface area (Å²) in [7, 11) is -6.83. The van der Waals surface area contributed by atoms with Crippen LogP contribution in [0.4, 0.5) is 11.4 Å². The van der Waals surface area contributed by atoms with Crippen LogP contribution in [0.3, 0.4) is 0 Å². The van der Waals surface area contributed by atoms with E-state index in [0.29, 0.717) is 5.69 Å². The van der Waals surface area contributed by atoms with Gasteiger partial charge in [-0.1, -0.05) is 19.1 Å². The van der Waals surface area contributed by atoms with E-state index in [1.54, 1.807) is 25.1 Å². The highest BCUT2D eigenvalue weighted by atomic mass is 32.2. The predicted octanol–water partition coefficient (Wildman–Crippen LogP) is 2.10. The Morgan fingerprint density at radius 2 is 1.48 bits per heavy atom. The molecular formula is C16H18N2O5S2. The lowest BCUT2D eigenvalue weighted by atomic mass is 10.2. The molecule has 1 amide bonds. The van der Waals surface area contributed by atoms with E-state index in [-0.39, 0.29) is 21.9 Å². The third-order valence-electron chi connectivity index (χ3n) is 3.33. The zero-order chi connectivity index (χ0) is 18.7. The molecular weight excluding hydrogens is 364 g/mol. The molecule has 0 radical (unpaired) electrons. The van der Waals surface area contributed by atoms with Crippen molar-refractivity contribution >= 4 is 37.1 Å². The van der Waals surface area contributed by atoms with Crippen LogP contribution in [0.15, 0.2) is 53.4 Å². The maximum Gasteiger partial charge on any atom is 0.255 e. The highest BCUT2D eigenvalue weighted by Crippen LogP contribution is 2.23. The van der Waals surface area contributed by atoms with Crippen LogP contribution in [0.5, 0.6) is 0 Å². The van der Waals surface area contributed by atoms with E-state index in [2.05, 4.69) is 10.0 Å². The van der Waals surface area contributed by atoms with Crippen molar-refractivity contribution in [1.29, 1.82) is 0 Å². The van der Waals surface area contributed by atoms with E-state index in [0.717, 1.165) is 6.26 Å². The second-order valence-electron chi connectivity index (χ2n) is 5.30. The molecule has 0 saturated carbocycles. The Hall–Kier alpha value is -2.39. The van der Waals surface area contributed by atoms with E-state index < -0.39 is 25.8 Å². The summed E-state index contributed by atoms with van der Waals surface area (Å²) in [5, 5.41) is 2.61. The monoisotopic (exact) mass is 382 g/mol. The number of anilines is 2. The fraction of sp³-hybridized carbons (Fsp3) is 0.188. The molecule has 0 aliphatic carbocycles. The van der Waals surface area contributed by atoms with Crippen LogP contribution < -0.4 is 10.0 Å². The molecule has 0 spiro atoms. The summed E-state index contributed by atoms with van der Waals surface area (Å²) >= 11 is 0. The van der Waals surface area contributed by atoms with Crippen LogP contribution in [0.1, 0.15) is 17.3 Å². The molecule has 2 N–H and O–H groups in total. The molecule has 0 aliphatic heterocycles. The zero-order valence-corrected chi connectivity index (χ0v) is 15.3. The molecule has 0 atom stereocenters. The largest absolute Gasteiger partial charge is 0.320 e. The average molecular weight is 382 g/mol. The Kier molecular flexibility index (Phi) is 5.48. The number of sulfonamides is 1. The van der Waals surface area contributed by atoms with Crippen molar-refractivity contribution < 1.29 is 21.6 Å². The summed E-state index contributed by atoms with van der Waals surface area (Å²) in [5.74, 6) is -0.508. The third kappa shape index (κ3) is 5.04. The molecule has 2 aromatic rings. The standard InChI is InChI=1S/C16H18N2O5S2/c1-3-25(22,23)13-10-8-12(9-11-13)16(19)17-14-6-4-5-7-15(14)18-24(2,20)21/h4-11,18H,3H2,1-2H3,(H,17,19). The van der Waals surface area contributed by atoms with Crippen LogP contribution in [0.25, 0.3) is 0 Å². The molecule has 2 rings (SSSR count). The molecule has 0 heterocycles. The first kappa shape index (κ1) is 18.9. The fourth-order valence-electron chi connectivity index (χ4n) is 2.06. The SMILES string of the molecule is CCS(=O)(=O)c1ccc(C(=O)Nc2ccccc2NS(C)(=O)=O)cc1. The quantitative estimate of drug-likeness (QED) is 0.795. The van der Waals surface area contributed by atoms with Gasteiger partial charge in [0, 0.05) is 5.56 Å². The van der Waals surface area contributed by atoms with Gasteiger partial charge in [-0.3, -0.25) is 9.52 Å². The van der Waals surface area contributed by atoms with Gasteiger partial charge < -0.3 is 5.32 Å². The minimum Gasteiger partial charge on any atom is -0.320 e. The van der Waals surface area contributed by atoms with Gasteiger partial charge in [-0.25, -0.2) is 16.8 Å². The van der Waals surface area contributed by atoms with Crippen LogP contribution in [-0.4, -0.2) is 34.8 Å². The lowest BCUT2D eigenvalue weighted by Gasteiger charge is -2.12. The number of benzene rings is 2. The Labute approximate surface area is 147 Å². The van der Waals surface area contributed by atoms with Crippen molar-refractivity contribution in [2.24, 2.45) is 0 Å². The highest BCUT2D eigenvalue weighted by molar-refractivity contribution is 7.92. The van der Waals surface area contributed by atoms with Crippen molar-refractivity contribution in [2.75, 3.05) is 22.0 Å². The molecule has 0 aliphatic rings. The molecule has 2 aromatic carbocycles. The Morgan fingerprint density at radius 1 is 0.920 bits per heavy atom. The summed E-state index contributed by atoms with van der Waals surface area (Å²) < 4.78 is 48.7. The molecule has 0 unspecified atom stereocenters. The summed E-state index contributed by atoms with van der Waals surface area (Å²) in [6.07, 6.45) is 1.01. The van der Waals surface area contributed by atoms with Crippen molar-refractivity contribution in [2.45, 2.75) is 11.8 Å². The number of hydrogen-bond acceptors (Lipinski definition) is 5. The number of amides is 1.